The summed E-state index contributed by atoms with van der Waals surface area (Å²) in [6, 6.07) is 1.76. The summed E-state index contributed by atoms with van der Waals surface area (Å²) in [5, 5.41) is 10.1. The molecule has 15 heavy (non-hydrogen) atoms. The van der Waals surface area contributed by atoms with Gasteiger partial charge in [-0.2, -0.15) is 0 Å². The van der Waals surface area contributed by atoms with Crippen molar-refractivity contribution in [2.45, 2.75) is 26.9 Å². The second-order valence-corrected chi connectivity index (χ2v) is 3.71. The highest BCUT2D eigenvalue weighted by Gasteiger charge is 2.20. The maximum absolute atomic E-state index is 10.1. The van der Waals surface area contributed by atoms with E-state index in [2.05, 4.69) is 0 Å². The number of hydrogen-bond donors (Lipinski definition) is 1. The largest absolute Gasteiger partial charge is 0.472 e. The Morgan fingerprint density at radius 1 is 1.20 bits per heavy atom. The van der Waals surface area contributed by atoms with Crippen LogP contribution in [0.1, 0.15) is 34.3 Å². The molecule has 0 aromatic carbocycles. The highest BCUT2D eigenvalue weighted by atomic mass is 16.3. The van der Waals surface area contributed by atoms with E-state index >= 15 is 0 Å². The van der Waals surface area contributed by atoms with Gasteiger partial charge in [0.05, 0.1) is 12.5 Å². The molecule has 2 aromatic heterocycles. The Morgan fingerprint density at radius 2 is 1.93 bits per heavy atom. The van der Waals surface area contributed by atoms with E-state index in [9.17, 15) is 5.11 Å². The van der Waals surface area contributed by atoms with E-state index in [0.717, 1.165) is 28.2 Å². The van der Waals surface area contributed by atoms with Crippen LogP contribution >= 0.6 is 0 Å². The Balaban J connectivity index is 2.46. The lowest BCUT2D eigenvalue weighted by atomic mass is 10.0. The minimum Gasteiger partial charge on any atom is -0.472 e. The van der Waals surface area contributed by atoms with Crippen LogP contribution in [0, 0.1) is 20.8 Å². The van der Waals surface area contributed by atoms with Gasteiger partial charge in [0.25, 0.3) is 0 Å². The minimum atomic E-state index is -0.666. The molecule has 1 unspecified atom stereocenters. The Labute approximate surface area is 88.3 Å². The van der Waals surface area contributed by atoms with Gasteiger partial charge in [-0.25, -0.2) is 0 Å². The van der Waals surface area contributed by atoms with Crippen molar-refractivity contribution in [2.75, 3.05) is 0 Å². The van der Waals surface area contributed by atoms with Crippen LogP contribution in [-0.2, 0) is 0 Å². The van der Waals surface area contributed by atoms with Gasteiger partial charge in [-0.05, 0) is 32.4 Å². The minimum absolute atomic E-state index is 0.666. The fraction of sp³-hybridized carbons (Fsp3) is 0.333. The van der Waals surface area contributed by atoms with E-state index in [1.165, 1.54) is 0 Å². The smallest absolute Gasteiger partial charge is 0.111 e. The van der Waals surface area contributed by atoms with Crippen molar-refractivity contribution >= 4 is 0 Å². The van der Waals surface area contributed by atoms with E-state index < -0.39 is 6.10 Å². The number of hydrogen-bond acceptors (Lipinski definition) is 3. The quantitative estimate of drug-likeness (QED) is 0.821. The summed E-state index contributed by atoms with van der Waals surface area (Å²) in [4.78, 5) is 0. The summed E-state index contributed by atoms with van der Waals surface area (Å²) in [5.41, 5.74) is 2.59. The second-order valence-electron chi connectivity index (χ2n) is 3.71. The van der Waals surface area contributed by atoms with E-state index in [0.29, 0.717) is 0 Å². The predicted molar refractivity (Wildman–Crippen MR) is 55.7 cm³/mol. The van der Waals surface area contributed by atoms with Crippen LogP contribution in [0.15, 0.2) is 27.4 Å². The molecule has 0 aliphatic rings. The first kappa shape index (κ1) is 10.1. The van der Waals surface area contributed by atoms with Gasteiger partial charge in [0.2, 0.25) is 0 Å². The average Bonchev–Trinajstić information content (AvgIpc) is 2.76. The lowest BCUT2D eigenvalue weighted by molar-refractivity contribution is 0.216. The number of aliphatic hydroxyl groups is 1. The maximum atomic E-state index is 10.1. The van der Waals surface area contributed by atoms with Crippen molar-refractivity contribution in [1.29, 1.82) is 0 Å². The van der Waals surface area contributed by atoms with Crippen molar-refractivity contribution < 1.29 is 13.9 Å². The van der Waals surface area contributed by atoms with Crippen LogP contribution < -0.4 is 0 Å². The van der Waals surface area contributed by atoms with Crippen molar-refractivity contribution in [1.82, 2.24) is 0 Å². The second kappa shape index (κ2) is 3.59. The Bertz CT molecular complexity index is 451. The highest BCUT2D eigenvalue weighted by Crippen LogP contribution is 2.31. The molecule has 0 spiro atoms. The molecule has 2 rings (SSSR count). The number of aliphatic hydroxyl groups excluding tert-OH is 1. The summed E-state index contributed by atoms with van der Waals surface area (Å²) in [6.45, 7) is 5.71. The predicted octanol–water partition coefficient (Wildman–Crippen LogP) is 2.88. The van der Waals surface area contributed by atoms with Gasteiger partial charge < -0.3 is 13.9 Å². The van der Waals surface area contributed by atoms with Gasteiger partial charge in [-0.1, -0.05) is 0 Å². The molecule has 3 nitrogen and oxygen atoms in total. The molecule has 2 aromatic rings. The third kappa shape index (κ3) is 1.59. The molecule has 0 saturated heterocycles. The van der Waals surface area contributed by atoms with E-state index in [-0.39, 0.29) is 0 Å². The molecule has 0 fully saturated rings. The number of rotatable bonds is 2. The number of aryl methyl sites for hydroxylation is 2. The SMILES string of the molecule is Cc1oc(C)c(C(O)c2ccoc2)c1C. The van der Waals surface area contributed by atoms with Crippen LogP contribution in [0.5, 0.6) is 0 Å². The summed E-state index contributed by atoms with van der Waals surface area (Å²) >= 11 is 0. The molecular formula is C12H14O3. The van der Waals surface area contributed by atoms with Crippen LogP contribution in [0.4, 0.5) is 0 Å². The highest BCUT2D eigenvalue weighted by molar-refractivity contribution is 5.38. The lowest BCUT2D eigenvalue weighted by Crippen LogP contribution is -2.00. The maximum Gasteiger partial charge on any atom is 0.111 e. The Kier molecular flexibility index (Phi) is 2.40. The van der Waals surface area contributed by atoms with Crippen molar-refractivity contribution in [3.63, 3.8) is 0 Å². The van der Waals surface area contributed by atoms with Gasteiger partial charge in [0, 0.05) is 11.1 Å². The molecule has 1 atom stereocenters. The number of furan rings is 2. The topological polar surface area (TPSA) is 46.5 Å². The molecule has 0 bridgehead atoms. The molecule has 0 aliphatic carbocycles. The zero-order valence-electron chi connectivity index (χ0n) is 9.07. The molecule has 0 amide bonds. The van der Waals surface area contributed by atoms with Crippen LogP contribution in [0.3, 0.4) is 0 Å². The zero-order valence-corrected chi connectivity index (χ0v) is 9.07. The molecule has 80 valence electrons. The van der Waals surface area contributed by atoms with E-state index in [1.54, 1.807) is 18.6 Å². The molecule has 0 saturated carbocycles. The Morgan fingerprint density at radius 3 is 2.40 bits per heavy atom. The molecule has 3 heteroatoms. The summed E-state index contributed by atoms with van der Waals surface area (Å²) in [7, 11) is 0. The monoisotopic (exact) mass is 206 g/mol. The molecule has 0 aliphatic heterocycles. The van der Waals surface area contributed by atoms with Gasteiger partial charge in [0.1, 0.15) is 17.6 Å². The molecular weight excluding hydrogens is 192 g/mol. The zero-order chi connectivity index (χ0) is 11.0. The van der Waals surface area contributed by atoms with Gasteiger partial charge in [-0.3, -0.25) is 0 Å². The fourth-order valence-electron chi connectivity index (χ4n) is 1.81. The standard InChI is InChI=1S/C12H14O3/c1-7-8(2)15-9(3)11(7)12(13)10-4-5-14-6-10/h4-6,12-13H,1-3H3. The first-order valence-electron chi connectivity index (χ1n) is 4.88. The van der Waals surface area contributed by atoms with Crippen molar-refractivity contribution in [3.05, 3.63) is 46.8 Å². The summed E-state index contributed by atoms with van der Waals surface area (Å²) in [5.74, 6) is 1.61. The van der Waals surface area contributed by atoms with Crippen molar-refractivity contribution in [3.8, 4) is 0 Å². The first-order valence-corrected chi connectivity index (χ1v) is 4.88. The Hall–Kier alpha value is -1.48. The van der Waals surface area contributed by atoms with Crippen LogP contribution in [-0.4, -0.2) is 5.11 Å². The fourth-order valence-corrected chi connectivity index (χ4v) is 1.81. The summed E-state index contributed by atoms with van der Waals surface area (Å²) < 4.78 is 10.4. The average molecular weight is 206 g/mol. The van der Waals surface area contributed by atoms with Crippen molar-refractivity contribution in [2.24, 2.45) is 0 Å². The third-order valence-electron chi connectivity index (χ3n) is 2.75. The molecule has 2 heterocycles. The van der Waals surface area contributed by atoms with Gasteiger partial charge in [-0.15, -0.1) is 0 Å². The third-order valence-corrected chi connectivity index (χ3v) is 2.75. The normalized spacial score (nSPS) is 13.1. The van der Waals surface area contributed by atoms with Gasteiger partial charge in [0.15, 0.2) is 0 Å². The molecule has 0 radical (unpaired) electrons. The van der Waals surface area contributed by atoms with Crippen LogP contribution in [0.25, 0.3) is 0 Å². The van der Waals surface area contributed by atoms with Gasteiger partial charge >= 0.3 is 0 Å². The lowest BCUT2D eigenvalue weighted by Gasteiger charge is -2.08. The van der Waals surface area contributed by atoms with E-state index in [4.69, 9.17) is 8.83 Å². The van der Waals surface area contributed by atoms with Crippen LogP contribution in [0.2, 0.25) is 0 Å². The van der Waals surface area contributed by atoms with E-state index in [1.807, 2.05) is 20.8 Å². The summed E-state index contributed by atoms with van der Waals surface area (Å²) in [6.07, 6.45) is 2.43. The molecule has 1 N–H and O–H groups in total. The first-order chi connectivity index (χ1) is 7.11.